The molecular weight excluding hydrogens is 200 g/mol. The van der Waals surface area contributed by atoms with Crippen LogP contribution in [0.3, 0.4) is 0 Å². The van der Waals surface area contributed by atoms with E-state index in [0.29, 0.717) is 5.69 Å². The van der Waals surface area contributed by atoms with Gasteiger partial charge in [-0.2, -0.15) is 0 Å². The van der Waals surface area contributed by atoms with Gasteiger partial charge in [-0.25, -0.2) is 0 Å². The van der Waals surface area contributed by atoms with Gasteiger partial charge in [0.2, 0.25) is 0 Å². The first kappa shape index (κ1) is 10.6. The first-order chi connectivity index (χ1) is 7.66. The summed E-state index contributed by atoms with van der Waals surface area (Å²) in [5.41, 5.74) is 0.465. The van der Waals surface area contributed by atoms with E-state index in [0.717, 1.165) is 10.8 Å². The zero-order chi connectivity index (χ0) is 11.5. The lowest BCUT2D eigenvalue weighted by Crippen LogP contribution is -2.30. The van der Waals surface area contributed by atoms with Crippen molar-refractivity contribution in [1.29, 1.82) is 0 Å². The third-order valence-electron chi connectivity index (χ3n) is 2.28. The molecule has 0 unspecified atom stereocenters. The van der Waals surface area contributed by atoms with Crippen molar-refractivity contribution in [3.63, 3.8) is 0 Å². The fourth-order valence-electron chi connectivity index (χ4n) is 1.54. The second kappa shape index (κ2) is 4.31. The summed E-state index contributed by atoms with van der Waals surface area (Å²) in [6, 6.07) is 9.80. The first-order valence-corrected chi connectivity index (χ1v) is 5.32. The van der Waals surface area contributed by atoms with Crippen molar-refractivity contribution >= 4 is 16.7 Å². The molecule has 3 nitrogen and oxygen atoms in total. The Balaban J connectivity index is 2.35. The number of carbonyl (C=O) groups is 1. The molecule has 0 aliphatic carbocycles. The zero-order valence-corrected chi connectivity index (χ0v) is 9.40. The molecule has 2 rings (SSSR count). The smallest absolute Gasteiger partial charge is 0.270 e. The van der Waals surface area contributed by atoms with Gasteiger partial charge in [0, 0.05) is 17.6 Å². The van der Waals surface area contributed by atoms with Gasteiger partial charge < -0.3 is 5.32 Å². The highest BCUT2D eigenvalue weighted by molar-refractivity contribution is 5.96. The van der Waals surface area contributed by atoms with Crippen molar-refractivity contribution in [3.8, 4) is 0 Å². The van der Waals surface area contributed by atoms with Crippen LogP contribution >= 0.6 is 0 Å². The number of nitrogens with one attached hydrogen (secondary N) is 1. The Labute approximate surface area is 94.5 Å². The van der Waals surface area contributed by atoms with Crippen molar-refractivity contribution in [2.75, 3.05) is 0 Å². The molecule has 1 amide bonds. The quantitative estimate of drug-likeness (QED) is 0.833. The Bertz CT molecular complexity index is 520. The van der Waals surface area contributed by atoms with Crippen LogP contribution in [-0.2, 0) is 0 Å². The standard InChI is InChI=1S/C13H14N2O/c1-9(2)15-13(16)12-7-10-5-3-4-6-11(10)8-14-12/h3-9H,1-2H3,(H,15,16). The summed E-state index contributed by atoms with van der Waals surface area (Å²) in [5.74, 6) is -0.124. The molecule has 0 bridgehead atoms. The molecule has 1 heterocycles. The number of hydrogen-bond donors (Lipinski definition) is 1. The van der Waals surface area contributed by atoms with Gasteiger partial charge in [-0.05, 0) is 25.3 Å². The first-order valence-electron chi connectivity index (χ1n) is 5.32. The Hall–Kier alpha value is -1.90. The van der Waals surface area contributed by atoms with E-state index in [-0.39, 0.29) is 11.9 Å². The van der Waals surface area contributed by atoms with Crippen LogP contribution in [0.15, 0.2) is 36.5 Å². The summed E-state index contributed by atoms with van der Waals surface area (Å²) in [6.45, 7) is 3.86. The normalized spacial score (nSPS) is 10.7. The summed E-state index contributed by atoms with van der Waals surface area (Å²) in [4.78, 5) is 15.9. The van der Waals surface area contributed by atoms with Gasteiger partial charge in [0.25, 0.3) is 5.91 Å². The number of carbonyl (C=O) groups excluding carboxylic acids is 1. The van der Waals surface area contributed by atoms with E-state index in [2.05, 4.69) is 10.3 Å². The lowest BCUT2D eigenvalue weighted by atomic mass is 10.1. The fraction of sp³-hybridized carbons (Fsp3) is 0.231. The fourth-order valence-corrected chi connectivity index (χ4v) is 1.54. The molecule has 3 heteroatoms. The van der Waals surface area contributed by atoms with Gasteiger partial charge >= 0.3 is 0 Å². The van der Waals surface area contributed by atoms with Crippen molar-refractivity contribution < 1.29 is 4.79 Å². The third-order valence-corrected chi connectivity index (χ3v) is 2.28. The average molecular weight is 214 g/mol. The van der Waals surface area contributed by atoms with Gasteiger partial charge in [-0.1, -0.05) is 24.3 Å². The highest BCUT2D eigenvalue weighted by Gasteiger charge is 2.08. The van der Waals surface area contributed by atoms with Crippen LogP contribution in [0.4, 0.5) is 0 Å². The lowest BCUT2D eigenvalue weighted by Gasteiger charge is -2.07. The van der Waals surface area contributed by atoms with Gasteiger partial charge in [-0.15, -0.1) is 0 Å². The monoisotopic (exact) mass is 214 g/mol. The number of fused-ring (bicyclic) bond motifs is 1. The van der Waals surface area contributed by atoms with Crippen LogP contribution in [0, 0.1) is 0 Å². The number of rotatable bonds is 2. The van der Waals surface area contributed by atoms with Crippen LogP contribution in [-0.4, -0.2) is 16.9 Å². The molecule has 2 aromatic rings. The molecule has 82 valence electrons. The Morgan fingerprint density at radius 1 is 1.25 bits per heavy atom. The topological polar surface area (TPSA) is 42.0 Å². The molecule has 0 radical (unpaired) electrons. The number of aromatic nitrogens is 1. The van der Waals surface area contributed by atoms with Crippen LogP contribution in [0.1, 0.15) is 24.3 Å². The van der Waals surface area contributed by atoms with E-state index in [1.807, 2.05) is 44.2 Å². The maximum atomic E-state index is 11.7. The summed E-state index contributed by atoms with van der Waals surface area (Å²) >= 11 is 0. The highest BCUT2D eigenvalue weighted by Crippen LogP contribution is 2.13. The molecule has 0 atom stereocenters. The van der Waals surface area contributed by atoms with Gasteiger partial charge in [0.1, 0.15) is 5.69 Å². The van der Waals surface area contributed by atoms with E-state index in [9.17, 15) is 4.79 Å². The predicted molar refractivity (Wildman–Crippen MR) is 64.3 cm³/mol. The lowest BCUT2D eigenvalue weighted by molar-refractivity contribution is 0.0938. The van der Waals surface area contributed by atoms with E-state index in [4.69, 9.17) is 0 Å². The number of benzene rings is 1. The Morgan fingerprint density at radius 2 is 1.94 bits per heavy atom. The minimum Gasteiger partial charge on any atom is -0.349 e. The number of hydrogen-bond acceptors (Lipinski definition) is 2. The van der Waals surface area contributed by atoms with Crippen molar-refractivity contribution in [1.82, 2.24) is 10.3 Å². The van der Waals surface area contributed by atoms with Crippen molar-refractivity contribution in [2.24, 2.45) is 0 Å². The molecule has 0 aliphatic rings. The van der Waals surface area contributed by atoms with Crippen LogP contribution in [0.2, 0.25) is 0 Å². The van der Waals surface area contributed by atoms with Gasteiger partial charge in [-0.3, -0.25) is 9.78 Å². The second-order valence-corrected chi connectivity index (χ2v) is 4.04. The maximum Gasteiger partial charge on any atom is 0.270 e. The third kappa shape index (κ3) is 2.19. The largest absolute Gasteiger partial charge is 0.349 e. The summed E-state index contributed by atoms with van der Waals surface area (Å²) < 4.78 is 0. The number of amides is 1. The SMILES string of the molecule is CC(C)NC(=O)c1cc2ccccc2cn1. The van der Waals surface area contributed by atoms with Crippen LogP contribution in [0.25, 0.3) is 10.8 Å². The number of pyridine rings is 1. The van der Waals surface area contributed by atoms with E-state index in [1.165, 1.54) is 0 Å². The van der Waals surface area contributed by atoms with Crippen molar-refractivity contribution in [2.45, 2.75) is 19.9 Å². The molecule has 0 saturated carbocycles. The Kier molecular flexibility index (Phi) is 2.86. The van der Waals surface area contributed by atoms with Gasteiger partial charge in [0.15, 0.2) is 0 Å². The molecule has 16 heavy (non-hydrogen) atoms. The van der Waals surface area contributed by atoms with Crippen LogP contribution in [0.5, 0.6) is 0 Å². The highest BCUT2D eigenvalue weighted by atomic mass is 16.1. The Morgan fingerprint density at radius 3 is 2.62 bits per heavy atom. The molecule has 0 saturated heterocycles. The van der Waals surface area contributed by atoms with E-state index >= 15 is 0 Å². The molecule has 0 aliphatic heterocycles. The molecular formula is C13H14N2O. The maximum absolute atomic E-state index is 11.7. The minimum absolute atomic E-state index is 0.124. The predicted octanol–water partition coefficient (Wildman–Crippen LogP) is 2.37. The molecule has 1 aromatic carbocycles. The summed E-state index contributed by atoms with van der Waals surface area (Å²) in [6.07, 6.45) is 1.73. The van der Waals surface area contributed by atoms with Crippen LogP contribution < -0.4 is 5.32 Å². The summed E-state index contributed by atoms with van der Waals surface area (Å²) in [5, 5.41) is 4.90. The number of nitrogens with zero attached hydrogens (tertiary/aromatic N) is 1. The van der Waals surface area contributed by atoms with Gasteiger partial charge in [0.05, 0.1) is 0 Å². The molecule has 1 N–H and O–H groups in total. The summed E-state index contributed by atoms with van der Waals surface area (Å²) in [7, 11) is 0. The minimum atomic E-state index is -0.124. The van der Waals surface area contributed by atoms with Crippen molar-refractivity contribution in [3.05, 3.63) is 42.2 Å². The van der Waals surface area contributed by atoms with E-state index < -0.39 is 0 Å². The van der Waals surface area contributed by atoms with E-state index in [1.54, 1.807) is 6.20 Å². The molecule has 0 spiro atoms. The zero-order valence-electron chi connectivity index (χ0n) is 9.40. The molecule has 1 aromatic heterocycles. The second-order valence-electron chi connectivity index (χ2n) is 4.04. The average Bonchev–Trinajstić information content (AvgIpc) is 2.27. The molecule has 0 fully saturated rings.